The summed E-state index contributed by atoms with van der Waals surface area (Å²) in [7, 11) is 0. The second-order valence-electron chi connectivity index (χ2n) is 7.90. The number of aromatic nitrogens is 2. The molecule has 0 unspecified atom stereocenters. The number of anilines is 1. The predicted octanol–water partition coefficient (Wildman–Crippen LogP) is 4.66. The largest absolute Gasteiger partial charge is 0.489 e. The molecular weight excluding hydrogens is 490 g/mol. The molecule has 1 atom stereocenters. The minimum atomic E-state index is -0.631. The summed E-state index contributed by atoms with van der Waals surface area (Å²) in [5, 5.41) is 0.390. The predicted molar refractivity (Wildman–Crippen MR) is 112 cm³/mol. The molecule has 4 rings (SSSR count). The Morgan fingerprint density at radius 2 is 2.03 bits per heavy atom. The number of nitrogens with zero attached hydrogens (tertiary/aromatic N) is 4. The first kappa shape index (κ1) is 20.7. The van der Waals surface area contributed by atoms with Gasteiger partial charge in [0.25, 0.3) is 0 Å². The van der Waals surface area contributed by atoms with Crippen molar-refractivity contribution in [3.05, 3.63) is 20.6 Å². The molecule has 1 aromatic heterocycles. The average molecular weight is 508 g/mol. The second kappa shape index (κ2) is 7.28. The Morgan fingerprint density at radius 1 is 1.31 bits per heavy atom. The molecule has 2 aliphatic rings. The molecule has 156 valence electrons. The standard InChI is InChI=1S/C18H18BrCl2FN4O3/c1-18(2,3)29-17(27)25-4-5-26-8(6-25)7-28-14-9-13(12(22)10(19)11(14)20)23-16(21)24-15(9)26/h8H,4-7H2,1-3H3/t8-/m1/s1. The van der Waals surface area contributed by atoms with Crippen LogP contribution in [0.1, 0.15) is 20.8 Å². The van der Waals surface area contributed by atoms with Crippen LogP contribution in [0.3, 0.4) is 0 Å². The molecular formula is C18H18BrCl2FN4O3. The average Bonchev–Trinajstić information content (AvgIpc) is 2.80. The molecule has 1 saturated heterocycles. The summed E-state index contributed by atoms with van der Waals surface area (Å²) in [6, 6.07) is -0.240. The highest BCUT2D eigenvalue weighted by molar-refractivity contribution is 9.10. The van der Waals surface area contributed by atoms with Crippen LogP contribution < -0.4 is 9.64 Å². The number of hydrogen-bond acceptors (Lipinski definition) is 6. The van der Waals surface area contributed by atoms with Crippen LogP contribution >= 0.6 is 39.1 Å². The van der Waals surface area contributed by atoms with Gasteiger partial charge in [-0.3, -0.25) is 0 Å². The molecule has 1 amide bonds. The van der Waals surface area contributed by atoms with Crippen molar-refractivity contribution in [3.8, 4) is 5.75 Å². The van der Waals surface area contributed by atoms with Gasteiger partial charge in [0.1, 0.15) is 28.6 Å². The highest BCUT2D eigenvalue weighted by Crippen LogP contribution is 2.46. The quantitative estimate of drug-likeness (QED) is 0.381. The summed E-state index contributed by atoms with van der Waals surface area (Å²) < 4.78 is 26.3. The number of carbonyl (C=O) groups is 1. The Bertz CT molecular complexity index is 1020. The zero-order valence-corrected chi connectivity index (χ0v) is 19.0. The van der Waals surface area contributed by atoms with Crippen molar-refractivity contribution in [2.75, 3.05) is 31.1 Å². The van der Waals surface area contributed by atoms with Crippen molar-refractivity contribution < 1.29 is 18.7 Å². The van der Waals surface area contributed by atoms with Gasteiger partial charge in [-0.05, 0) is 48.3 Å². The van der Waals surface area contributed by atoms with Gasteiger partial charge in [0.05, 0.1) is 15.9 Å². The van der Waals surface area contributed by atoms with E-state index >= 15 is 0 Å². The number of benzene rings is 1. The number of fused-ring (bicyclic) bond motifs is 2. The molecule has 0 N–H and O–H groups in total. The first-order valence-corrected chi connectivity index (χ1v) is 10.5. The third-order valence-electron chi connectivity index (χ3n) is 4.71. The van der Waals surface area contributed by atoms with Crippen molar-refractivity contribution in [3.63, 3.8) is 0 Å². The first-order valence-electron chi connectivity index (χ1n) is 8.98. The maximum atomic E-state index is 14.8. The lowest BCUT2D eigenvalue weighted by Gasteiger charge is -2.41. The Balaban J connectivity index is 1.75. The lowest BCUT2D eigenvalue weighted by molar-refractivity contribution is 0.0202. The van der Waals surface area contributed by atoms with E-state index in [1.165, 1.54) is 0 Å². The Hall–Kier alpha value is -1.58. The molecule has 0 saturated carbocycles. The Kier molecular flexibility index (Phi) is 5.19. The van der Waals surface area contributed by atoms with Crippen LogP contribution in [0.15, 0.2) is 4.47 Å². The maximum absolute atomic E-state index is 14.8. The van der Waals surface area contributed by atoms with E-state index < -0.39 is 17.5 Å². The van der Waals surface area contributed by atoms with Gasteiger partial charge in [-0.1, -0.05) is 11.6 Å². The number of piperazine rings is 1. The topological polar surface area (TPSA) is 67.8 Å². The Morgan fingerprint density at radius 3 is 2.72 bits per heavy atom. The fraction of sp³-hybridized carbons (Fsp3) is 0.500. The van der Waals surface area contributed by atoms with Crippen LogP contribution in [0.2, 0.25) is 10.3 Å². The first-order chi connectivity index (χ1) is 13.6. The zero-order valence-electron chi connectivity index (χ0n) is 15.9. The van der Waals surface area contributed by atoms with Crippen molar-refractivity contribution in [2.24, 2.45) is 0 Å². The second-order valence-corrected chi connectivity index (χ2v) is 9.40. The van der Waals surface area contributed by atoms with Crippen LogP contribution in [0.25, 0.3) is 10.9 Å². The lowest BCUT2D eigenvalue weighted by Crippen LogP contribution is -2.57. The third-order valence-corrected chi connectivity index (χ3v) is 6.21. The number of amides is 1. The minimum Gasteiger partial charge on any atom is -0.489 e. The normalized spacial score (nSPS) is 18.9. The minimum absolute atomic E-state index is 0.0292. The van der Waals surface area contributed by atoms with Gasteiger partial charge in [-0.2, -0.15) is 4.98 Å². The molecule has 0 radical (unpaired) electrons. The van der Waals surface area contributed by atoms with Crippen molar-refractivity contribution in [2.45, 2.75) is 32.4 Å². The monoisotopic (exact) mass is 506 g/mol. The highest BCUT2D eigenvalue weighted by atomic mass is 79.9. The summed E-state index contributed by atoms with van der Waals surface area (Å²) >= 11 is 15.6. The van der Waals surface area contributed by atoms with Gasteiger partial charge in [-0.15, -0.1) is 0 Å². The molecule has 3 heterocycles. The van der Waals surface area contributed by atoms with E-state index in [1.54, 1.807) is 4.90 Å². The summed E-state index contributed by atoms with van der Waals surface area (Å²) in [5.41, 5.74) is -0.560. The fourth-order valence-electron chi connectivity index (χ4n) is 3.49. The van der Waals surface area contributed by atoms with Crippen LogP contribution in [0, 0.1) is 5.82 Å². The maximum Gasteiger partial charge on any atom is 0.410 e. The molecule has 1 aromatic carbocycles. The van der Waals surface area contributed by atoms with E-state index in [4.69, 9.17) is 32.7 Å². The molecule has 0 bridgehead atoms. The highest BCUT2D eigenvalue weighted by Gasteiger charge is 2.38. The van der Waals surface area contributed by atoms with Gasteiger partial charge in [0, 0.05) is 19.6 Å². The number of rotatable bonds is 0. The SMILES string of the molecule is CC(C)(C)OC(=O)N1CCN2c3nc(Cl)nc4c(F)c(Br)c(Cl)c(c34)OC[C@H]2C1. The van der Waals surface area contributed by atoms with Gasteiger partial charge in [0.15, 0.2) is 11.6 Å². The van der Waals surface area contributed by atoms with Crippen LogP contribution in [-0.4, -0.2) is 58.8 Å². The summed E-state index contributed by atoms with van der Waals surface area (Å²) in [6.07, 6.45) is -0.392. The molecule has 0 spiro atoms. The number of carbonyl (C=O) groups excluding carboxylic acids is 1. The number of ether oxygens (including phenoxy) is 2. The van der Waals surface area contributed by atoms with Crippen LogP contribution in [-0.2, 0) is 4.74 Å². The zero-order chi connectivity index (χ0) is 21.1. The fourth-order valence-corrected chi connectivity index (χ4v) is 4.26. The third kappa shape index (κ3) is 3.68. The summed E-state index contributed by atoms with van der Waals surface area (Å²) in [5.74, 6) is 0.100. The van der Waals surface area contributed by atoms with Crippen molar-refractivity contribution in [1.29, 1.82) is 0 Å². The van der Waals surface area contributed by atoms with E-state index in [2.05, 4.69) is 25.9 Å². The number of hydrogen-bond donors (Lipinski definition) is 0. The Labute approximate surface area is 185 Å². The lowest BCUT2D eigenvalue weighted by atomic mass is 10.1. The molecule has 2 aromatic rings. The molecule has 7 nitrogen and oxygen atoms in total. The van der Waals surface area contributed by atoms with E-state index in [1.807, 2.05) is 25.7 Å². The van der Waals surface area contributed by atoms with E-state index in [0.29, 0.717) is 36.6 Å². The summed E-state index contributed by atoms with van der Waals surface area (Å²) in [4.78, 5) is 24.5. The molecule has 11 heteroatoms. The van der Waals surface area contributed by atoms with Gasteiger partial charge in [0.2, 0.25) is 5.28 Å². The van der Waals surface area contributed by atoms with Crippen molar-refractivity contribution >= 4 is 61.9 Å². The molecule has 0 aliphatic carbocycles. The van der Waals surface area contributed by atoms with Crippen molar-refractivity contribution in [1.82, 2.24) is 14.9 Å². The summed E-state index contributed by atoms with van der Waals surface area (Å²) in [6.45, 7) is 6.90. The van der Waals surface area contributed by atoms with Gasteiger partial charge < -0.3 is 19.3 Å². The van der Waals surface area contributed by atoms with E-state index in [0.717, 1.165) is 0 Å². The molecule has 29 heavy (non-hydrogen) atoms. The van der Waals surface area contributed by atoms with E-state index in [-0.39, 0.29) is 32.9 Å². The number of halogens is 4. The molecule has 1 fully saturated rings. The van der Waals surface area contributed by atoms with E-state index in [9.17, 15) is 9.18 Å². The van der Waals surface area contributed by atoms with Crippen LogP contribution in [0.4, 0.5) is 15.0 Å². The van der Waals surface area contributed by atoms with Gasteiger partial charge in [-0.25, -0.2) is 14.2 Å². The molecule has 2 aliphatic heterocycles. The smallest absolute Gasteiger partial charge is 0.410 e. The van der Waals surface area contributed by atoms with Gasteiger partial charge >= 0.3 is 6.09 Å². The van der Waals surface area contributed by atoms with Crippen LogP contribution in [0.5, 0.6) is 5.75 Å².